The van der Waals surface area contributed by atoms with E-state index >= 15 is 0 Å². The van der Waals surface area contributed by atoms with Gasteiger partial charge in [0, 0.05) is 11.1 Å². The molecule has 134 valence electrons. The Kier molecular flexibility index (Phi) is 5.67. The third kappa shape index (κ3) is 4.42. The lowest BCUT2D eigenvalue weighted by Crippen LogP contribution is -2.09. The Bertz CT molecular complexity index is 841. The summed E-state index contributed by atoms with van der Waals surface area (Å²) in [7, 11) is 0. The lowest BCUT2D eigenvalue weighted by molar-refractivity contribution is -0.131. The zero-order chi connectivity index (χ0) is 19.4. The van der Waals surface area contributed by atoms with Crippen LogP contribution in [-0.4, -0.2) is 11.9 Å². The molecule has 0 N–H and O–H groups in total. The smallest absolute Gasteiger partial charge is 0.338 e. The largest absolute Gasteiger partial charge is 0.420 e. The van der Waals surface area contributed by atoms with E-state index in [0.29, 0.717) is 11.1 Å². The minimum absolute atomic E-state index is 0.135. The Hall–Kier alpha value is -3.28. The van der Waals surface area contributed by atoms with Gasteiger partial charge in [-0.1, -0.05) is 25.3 Å². The summed E-state index contributed by atoms with van der Waals surface area (Å²) in [5, 5.41) is 0. The number of hydrogen-bond donors (Lipinski definition) is 0. The number of benzene rings is 2. The van der Waals surface area contributed by atoms with Crippen molar-refractivity contribution in [1.82, 2.24) is 0 Å². The van der Waals surface area contributed by atoms with Crippen LogP contribution < -0.4 is 9.47 Å². The van der Waals surface area contributed by atoms with Crippen molar-refractivity contribution in [2.24, 2.45) is 0 Å². The van der Waals surface area contributed by atoms with Crippen LogP contribution in [0, 0.1) is 11.6 Å². The summed E-state index contributed by atoms with van der Waals surface area (Å²) in [5.74, 6) is -3.56. The molecule has 2 rings (SSSR count). The highest BCUT2D eigenvalue weighted by Crippen LogP contribution is 2.29. The number of rotatable bonds is 5. The van der Waals surface area contributed by atoms with Crippen LogP contribution in [0.5, 0.6) is 11.5 Å². The molecule has 0 spiro atoms. The molecule has 0 bridgehead atoms. The van der Waals surface area contributed by atoms with Gasteiger partial charge in [0.25, 0.3) is 0 Å². The van der Waals surface area contributed by atoms with E-state index < -0.39 is 23.6 Å². The van der Waals surface area contributed by atoms with Crippen molar-refractivity contribution >= 4 is 11.9 Å². The summed E-state index contributed by atoms with van der Waals surface area (Å²) in [4.78, 5) is 22.9. The molecule has 0 saturated carbocycles. The Morgan fingerprint density at radius 2 is 1.12 bits per heavy atom. The van der Waals surface area contributed by atoms with Crippen LogP contribution in [0.25, 0.3) is 11.1 Å². The Labute approximate surface area is 149 Å². The number of carbonyl (C=O) groups excluding carboxylic acids is 2. The van der Waals surface area contributed by atoms with E-state index in [0.717, 1.165) is 12.1 Å². The van der Waals surface area contributed by atoms with E-state index in [2.05, 4.69) is 13.2 Å². The molecule has 0 atom stereocenters. The summed E-state index contributed by atoms with van der Waals surface area (Å²) in [5.41, 5.74) is 0.981. The molecule has 2 aromatic carbocycles. The second-order valence-electron chi connectivity index (χ2n) is 5.63. The standard InChI is InChI=1S/C20H16F2O4/c1-11(2)19(23)25-17-7-5-13(9-15(17)21)14-6-8-18(16(22)10-14)26-20(24)12(3)4/h5-10H,1,3H2,2,4H3. The predicted octanol–water partition coefficient (Wildman–Crippen LogP) is 4.59. The highest BCUT2D eigenvalue weighted by Gasteiger charge is 2.14. The fourth-order valence-corrected chi connectivity index (χ4v) is 1.90. The zero-order valence-electron chi connectivity index (χ0n) is 14.3. The third-order valence-electron chi connectivity index (χ3n) is 3.30. The first-order valence-corrected chi connectivity index (χ1v) is 7.54. The number of carbonyl (C=O) groups is 2. The van der Waals surface area contributed by atoms with E-state index in [1.807, 2.05) is 0 Å². The molecule has 26 heavy (non-hydrogen) atoms. The van der Waals surface area contributed by atoms with Gasteiger partial charge in [-0.05, 0) is 49.2 Å². The Balaban J connectivity index is 2.26. The number of ether oxygens (including phenoxy) is 2. The van der Waals surface area contributed by atoms with Gasteiger partial charge in [0.2, 0.25) is 0 Å². The Morgan fingerprint density at radius 3 is 1.38 bits per heavy atom. The second kappa shape index (κ2) is 7.74. The first-order valence-electron chi connectivity index (χ1n) is 7.54. The third-order valence-corrected chi connectivity index (χ3v) is 3.30. The summed E-state index contributed by atoms with van der Waals surface area (Å²) in [6.07, 6.45) is 0. The molecule has 2 aromatic rings. The molecule has 0 aliphatic carbocycles. The van der Waals surface area contributed by atoms with Gasteiger partial charge in [-0.15, -0.1) is 0 Å². The van der Waals surface area contributed by atoms with Gasteiger partial charge < -0.3 is 9.47 Å². The average Bonchev–Trinajstić information content (AvgIpc) is 2.58. The fourth-order valence-electron chi connectivity index (χ4n) is 1.90. The predicted molar refractivity (Wildman–Crippen MR) is 92.7 cm³/mol. The molecule has 0 saturated heterocycles. The molecule has 0 aliphatic heterocycles. The van der Waals surface area contributed by atoms with Crippen LogP contribution >= 0.6 is 0 Å². The van der Waals surface area contributed by atoms with Gasteiger partial charge in [0.05, 0.1) is 0 Å². The summed E-state index contributed by atoms with van der Waals surface area (Å²) < 4.78 is 37.9. The summed E-state index contributed by atoms with van der Waals surface area (Å²) in [6, 6.07) is 7.68. The lowest BCUT2D eigenvalue weighted by atomic mass is 10.0. The second-order valence-corrected chi connectivity index (χ2v) is 5.63. The van der Waals surface area contributed by atoms with Gasteiger partial charge in [-0.25, -0.2) is 18.4 Å². The highest BCUT2D eigenvalue weighted by molar-refractivity contribution is 5.89. The van der Waals surface area contributed by atoms with Gasteiger partial charge in [-0.2, -0.15) is 0 Å². The maximum Gasteiger partial charge on any atom is 0.338 e. The normalized spacial score (nSPS) is 10.2. The van der Waals surface area contributed by atoms with Gasteiger partial charge >= 0.3 is 11.9 Å². The topological polar surface area (TPSA) is 52.6 Å². The fraction of sp³-hybridized carbons (Fsp3) is 0.100. The molecule has 0 amide bonds. The van der Waals surface area contributed by atoms with Crippen molar-refractivity contribution in [3.63, 3.8) is 0 Å². The van der Waals surface area contributed by atoms with E-state index in [1.54, 1.807) is 0 Å². The van der Waals surface area contributed by atoms with Gasteiger partial charge in [0.15, 0.2) is 23.1 Å². The molecule has 0 radical (unpaired) electrons. The van der Waals surface area contributed by atoms with E-state index in [4.69, 9.17) is 9.47 Å². The minimum atomic E-state index is -0.782. The van der Waals surface area contributed by atoms with Crippen molar-refractivity contribution in [1.29, 1.82) is 0 Å². The molecule has 0 fully saturated rings. The minimum Gasteiger partial charge on any atom is -0.420 e. The van der Waals surface area contributed by atoms with E-state index in [9.17, 15) is 18.4 Å². The quantitative estimate of drug-likeness (QED) is 0.445. The number of hydrogen-bond acceptors (Lipinski definition) is 4. The van der Waals surface area contributed by atoms with Crippen molar-refractivity contribution in [3.05, 3.63) is 72.3 Å². The maximum absolute atomic E-state index is 14.1. The van der Waals surface area contributed by atoms with Gasteiger partial charge in [-0.3, -0.25) is 0 Å². The molecule has 6 heteroatoms. The maximum atomic E-state index is 14.1. The summed E-state index contributed by atoms with van der Waals surface area (Å²) in [6.45, 7) is 9.72. The van der Waals surface area contributed by atoms with E-state index in [-0.39, 0.29) is 22.6 Å². The van der Waals surface area contributed by atoms with Crippen LogP contribution in [0.3, 0.4) is 0 Å². The van der Waals surface area contributed by atoms with Crippen LogP contribution in [0.1, 0.15) is 13.8 Å². The molecular formula is C20H16F2O4. The van der Waals surface area contributed by atoms with Crippen LogP contribution in [0.15, 0.2) is 60.7 Å². The van der Waals surface area contributed by atoms with Gasteiger partial charge in [0.1, 0.15) is 0 Å². The zero-order valence-corrected chi connectivity index (χ0v) is 14.3. The molecule has 0 unspecified atom stereocenters. The first-order chi connectivity index (χ1) is 12.2. The molecular weight excluding hydrogens is 342 g/mol. The molecule has 0 heterocycles. The van der Waals surface area contributed by atoms with Crippen molar-refractivity contribution in [2.75, 3.05) is 0 Å². The highest BCUT2D eigenvalue weighted by atomic mass is 19.1. The van der Waals surface area contributed by atoms with Crippen molar-refractivity contribution < 1.29 is 27.8 Å². The average molecular weight is 358 g/mol. The molecule has 0 aliphatic rings. The first kappa shape index (κ1) is 19.1. The van der Waals surface area contributed by atoms with Crippen molar-refractivity contribution in [2.45, 2.75) is 13.8 Å². The monoisotopic (exact) mass is 358 g/mol. The Morgan fingerprint density at radius 1 is 0.769 bits per heavy atom. The number of halogens is 2. The SMILES string of the molecule is C=C(C)C(=O)Oc1ccc(-c2ccc(OC(=O)C(=C)C)c(F)c2)cc1F. The molecule has 0 aromatic heterocycles. The van der Waals surface area contributed by atoms with Crippen LogP contribution in [0.2, 0.25) is 0 Å². The van der Waals surface area contributed by atoms with E-state index in [1.165, 1.54) is 38.1 Å². The summed E-state index contributed by atoms with van der Waals surface area (Å²) >= 11 is 0. The number of esters is 2. The van der Waals surface area contributed by atoms with Crippen LogP contribution in [0.4, 0.5) is 8.78 Å². The molecule has 4 nitrogen and oxygen atoms in total. The van der Waals surface area contributed by atoms with Crippen molar-refractivity contribution in [3.8, 4) is 22.6 Å². The lowest BCUT2D eigenvalue weighted by Gasteiger charge is -2.09. The van der Waals surface area contributed by atoms with Crippen LogP contribution in [-0.2, 0) is 9.59 Å².